The third kappa shape index (κ3) is 11.4. The van der Waals surface area contributed by atoms with Crippen LogP contribution in [0.5, 0.6) is 0 Å². The number of hydrogen-bond donors (Lipinski definition) is 2. The van der Waals surface area contributed by atoms with Crippen molar-refractivity contribution < 1.29 is 9.59 Å². The van der Waals surface area contributed by atoms with E-state index in [0.29, 0.717) is 31.8 Å². The van der Waals surface area contributed by atoms with Crippen LogP contribution in [0.3, 0.4) is 0 Å². The maximum absolute atomic E-state index is 11.4. The molecule has 0 aliphatic carbocycles. The van der Waals surface area contributed by atoms with Crippen molar-refractivity contribution in [2.24, 2.45) is 5.92 Å². The van der Waals surface area contributed by atoms with E-state index in [2.05, 4.69) is 31.4 Å². The van der Waals surface area contributed by atoms with Crippen LogP contribution in [0, 0.1) is 5.92 Å². The number of hydrogen-bond acceptors (Lipinski definition) is 2. The summed E-state index contributed by atoms with van der Waals surface area (Å²) >= 11 is 0. The number of carbonyl (C=O) groups is 2. The second-order valence-corrected chi connectivity index (χ2v) is 5.11. The molecule has 18 heavy (non-hydrogen) atoms. The molecule has 0 aromatic rings. The summed E-state index contributed by atoms with van der Waals surface area (Å²) in [5.74, 6) is 0.528. The van der Waals surface area contributed by atoms with Crippen LogP contribution in [0.15, 0.2) is 0 Å². The fourth-order valence-corrected chi connectivity index (χ4v) is 1.52. The summed E-state index contributed by atoms with van der Waals surface area (Å²) in [6, 6.07) is 0. The van der Waals surface area contributed by atoms with Crippen LogP contribution in [-0.2, 0) is 9.59 Å². The molecule has 0 saturated heterocycles. The number of nitrogens with one attached hydrogen (secondary N) is 2. The molecule has 2 amide bonds. The summed E-state index contributed by atoms with van der Waals surface area (Å²) in [6.45, 7) is 7.40. The Morgan fingerprint density at radius 3 is 2.22 bits per heavy atom. The lowest BCUT2D eigenvalue weighted by Crippen LogP contribution is -2.32. The summed E-state index contributed by atoms with van der Waals surface area (Å²) in [5, 5.41) is 5.60. The first-order valence-corrected chi connectivity index (χ1v) is 7.09. The largest absolute Gasteiger partial charge is 0.356 e. The lowest BCUT2D eigenvalue weighted by atomic mass is 10.1. The van der Waals surface area contributed by atoms with E-state index in [9.17, 15) is 9.59 Å². The van der Waals surface area contributed by atoms with Gasteiger partial charge >= 0.3 is 0 Å². The molecule has 0 fully saturated rings. The number of unbranched alkanes of at least 4 members (excludes halogenated alkanes) is 3. The molecule has 0 spiro atoms. The predicted molar refractivity (Wildman–Crippen MR) is 74.2 cm³/mol. The Bertz CT molecular complexity index is 240. The highest BCUT2D eigenvalue weighted by atomic mass is 16.2. The summed E-state index contributed by atoms with van der Waals surface area (Å²) < 4.78 is 0. The predicted octanol–water partition coefficient (Wildman–Crippen LogP) is 2.24. The van der Waals surface area contributed by atoms with Crippen LogP contribution >= 0.6 is 0 Å². The van der Waals surface area contributed by atoms with Gasteiger partial charge in [-0.1, -0.05) is 40.0 Å². The summed E-state index contributed by atoms with van der Waals surface area (Å²) in [6.07, 6.45) is 5.36. The molecule has 0 aromatic heterocycles. The topological polar surface area (TPSA) is 58.2 Å². The molecule has 0 aromatic carbocycles. The van der Waals surface area contributed by atoms with Crippen LogP contribution < -0.4 is 10.6 Å². The third-order valence-electron chi connectivity index (χ3n) is 2.64. The first-order valence-electron chi connectivity index (χ1n) is 7.09. The van der Waals surface area contributed by atoms with Gasteiger partial charge in [-0.15, -0.1) is 0 Å². The Labute approximate surface area is 111 Å². The number of rotatable bonds is 10. The van der Waals surface area contributed by atoms with Gasteiger partial charge in [-0.25, -0.2) is 0 Å². The van der Waals surface area contributed by atoms with Crippen molar-refractivity contribution in [3.63, 3.8) is 0 Å². The van der Waals surface area contributed by atoms with E-state index in [-0.39, 0.29) is 11.8 Å². The van der Waals surface area contributed by atoms with Gasteiger partial charge in [0.2, 0.25) is 11.8 Å². The van der Waals surface area contributed by atoms with Crippen LogP contribution in [-0.4, -0.2) is 24.9 Å². The summed E-state index contributed by atoms with van der Waals surface area (Å²) in [7, 11) is 0. The van der Waals surface area contributed by atoms with Gasteiger partial charge in [-0.05, 0) is 12.3 Å². The maximum atomic E-state index is 11.4. The van der Waals surface area contributed by atoms with Crippen LogP contribution in [0.1, 0.15) is 59.3 Å². The molecule has 0 aliphatic heterocycles. The fourth-order valence-electron chi connectivity index (χ4n) is 1.52. The standard InChI is InChI=1S/C14H28N2O2/c1-4-5-6-7-8-13(17)15-10-9-14(18)16-11-12(2)3/h12H,4-11H2,1-3H3,(H,15,17)(H,16,18). The van der Waals surface area contributed by atoms with Crippen molar-refractivity contribution in [1.82, 2.24) is 10.6 Å². The summed E-state index contributed by atoms with van der Waals surface area (Å²) in [4.78, 5) is 22.8. The zero-order chi connectivity index (χ0) is 13.8. The Balaban J connectivity index is 3.41. The van der Waals surface area contributed by atoms with E-state index in [1.807, 2.05) is 0 Å². The second kappa shape index (κ2) is 11.1. The van der Waals surface area contributed by atoms with E-state index in [4.69, 9.17) is 0 Å². The zero-order valence-corrected chi connectivity index (χ0v) is 12.1. The van der Waals surface area contributed by atoms with E-state index in [1.54, 1.807) is 0 Å². The van der Waals surface area contributed by atoms with Crippen molar-refractivity contribution in [2.45, 2.75) is 59.3 Å². The van der Waals surface area contributed by atoms with E-state index in [1.165, 1.54) is 12.8 Å². The van der Waals surface area contributed by atoms with E-state index < -0.39 is 0 Å². The normalized spacial score (nSPS) is 10.4. The summed E-state index contributed by atoms with van der Waals surface area (Å²) in [5.41, 5.74) is 0. The highest BCUT2D eigenvalue weighted by Gasteiger charge is 2.04. The molecule has 0 saturated carbocycles. The lowest BCUT2D eigenvalue weighted by molar-refractivity contribution is -0.122. The molecule has 0 unspecified atom stereocenters. The van der Waals surface area contributed by atoms with Crippen molar-refractivity contribution in [2.75, 3.05) is 13.1 Å². The van der Waals surface area contributed by atoms with Gasteiger partial charge in [0.15, 0.2) is 0 Å². The van der Waals surface area contributed by atoms with E-state index in [0.717, 1.165) is 12.8 Å². The minimum atomic E-state index is 0.00924. The monoisotopic (exact) mass is 256 g/mol. The van der Waals surface area contributed by atoms with Crippen molar-refractivity contribution >= 4 is 11.8 Å². The van der Waals surface area contributed by atoms with Crippen molar-refractivity contribution in [1.29, 1.82) is 0 Å². The first kappa shape index (κ1) is 16.9. The molecule has 0 bridgehead atoms. The average Bonchev–Trinajstić information content (AvgIpc) is 2.32. The Morgan fingerprint density at radius 2 is 1.61 bits per heavy atom. The molecule has 4 nitrogen and oxygen atoms in total. The molecule has 0 atom stereocenters. The highest BCUT2D eigenvalue weighted by molar-refractivity contribution is 5.78. The zero-order valence-electron chi connectivity index (χ0n) is 12.1. The van der Waals surface area contributed by atoms with Gasteiger partial charge in [-0.2, -0.15) is 0 Å². The van der Waals surface area contributed by atoms with Gasteiger partial charge in [0.1, 0.15) is 0 Å². The molecule has 0 rings (SSSR count). The van der Waals surface area contributed by atoms with Gasteiger partial charge < -0.3 is 10.6 Å². The molecule has 0 heterocycles. The van der Waals surface area contributed by atoms with Gasteiger partial charge in [0.25, 0.3) is 0 Å². The molecular formula is C14H28N2O2. The van der Waals surface area contributed by atoms with Crippen LogP contribution in [0.25, 0.3) is 0 Å². The number of carbonyl (C=O) groups excluding carboxylic acids is 2. The quantitative estimate of drug-likeness (QED) is 0.589. The maximum Gasteiger partial charge on any atom is 0.221 e. The SMILES string of the molecule is CCCCCCC(=O)NCCC(=O)NCC(C)C. The molecule has 2 N–H and O–H groups in total. The minimum absolute atomic E-state index is 0.00924. The average molecular weight is 256 g/mol. The Kier molecular flexibility index (Phi) is 10.4. The van der Waals surface area contributed by atoms with Gasteiger partial charge in [0, 0.05) is 25.9 Å². The smallest absolute Gasteiger partial charge is 0.221 e. The minimum Gasteiger partial charge on any atom is -0.356 e. The van der Waals surface area contributed by atoms with Gasteiger partial charge in [0.05, 0.1) is 0 Å². The molecular weight excluding hydrogens is 228 g/mol. The third-order valence-corrected chi connectivity index (χ3v) is 2.64. The lowest BCUT2D eigenvalue weighted by Gasteiger charge is -2.08. The molecule has 0 aliphatic rings. The van der Waals surface area contributed by atoms with Crippen LogP contribution in [0.4, 0.5) is 0 Å². The first-order chi connectivity index (χ1) is 8.56. The van der Waals surface area contributed by atoms with Crippen molar-refractivity contribution in [3.05, 3.63) is 0 Å². The highest BCUT2D eigenvalue weighted by Crippen LogP contribution is 2.01. The van der Waals surface area contributed by atoms with Crippen LogP contribution in [0.2, 0.25) is 0 Å². The van der Waals surface area contributed by atoms with E-state index >= 15 is 0 Å². The molecule has 0 radical (unpaired) electrons. The molecule has 4 heteroatoms. The fraction of sp³-hybridized carbons (Fsp3) is 0.857. The molecule has 106 valence electrons. The Morgan fingerprint density at radius 1 is 0.944 bits per heavy atom. The Hall–Kier alpha value is -1.06. The second-order valence-electron chi connectivity index (χ2n) is 5.11. The van der Waals surface area contributed by atoms with Gasteiger partial charge in [-0.3, -0.25) is 9.59 Å². The van der Waals surface area contributed by atoms with Crippen molar-refractivity contribution in [3.8, 4) is 0 Å². The number of amides is 2.